The third kappa shape index (κ3) is 4.26. The van der Waals surface area contributed by atoms with Gasteiger partial charge < -0.3 is 4.42 Å². The van der Waals surface area contributed by atoms with Gasteiger partial charge in [0.15, 0.2) is 0 Å². The van der Waals surface area contributed by atoms with Gasteiger partial charge in [0.05, 0.1) is 0 Å². The van der Waals surface area contributed by atoms with E-state index in [1.54, 1.807) is 0 Å². The molecule has 0 fully saturated rings. The maximum absolute atomic E-state index is 6.63. The molecule has 12 aromatic rings. The highest BCUT2D eigenvalue weighted by Crippen LogP contribution is 2.48. The second kappa shape index (κ2) is 11.4. The van der Waals surface area contributed by atoms with Crippen molar-refractivity contribution in [3.8, 4) is 33.4 Å². The van der Waals surface area contributed by atoms with Crippen LogP contribution in [0.1, 0.15) is 0 Å². The zero-order valence-electron chi connectivity index (χ0n) is 29.1. The first kappa shape index (κ1) is 29.8. The molecule has 0 radical (unpaired) electrons. The van der Waals surface area contributed by atoms with Crippen LogP contribution in [0.3, 0.4) is 0 Å². The summed E-state index contributed by atoms with van der Waals surface area (Å²) in [6, 6.07) is 66.7. The third-order valence-electron chi connectivity index (χ3n) is 11.4. The number of benzene rings is 10. The van der Waals surface area contributed by atoms with E-state index in [2.05, 4.69) is 182 Å². The summed E-state index contributed by atoms with van der Waals surface area (Å²) in [4.78, 5) is 0. The van der Waals surface area contributed by atoms with Crippen LogP contribution >= 0.6 is 11.3 Å². The van der Waals surface area contributed by atoms with Crippen molar-refractivity contribution in [1.82, 2.24) is 0 Å². The van der Waals surface area contributed by atoms with E-state index in [0.717, 1.165) is 21.9 Å². The molecule has 250 valence electrons. The topological polar surface area (TPSA) is 13.1 Å². The van der Waals surface area contributed by atoms with Crippen molar-refractivity contribution in [2.75, 3.05) is 0 Å². The minimum Gasteiger partial charge on any atom is -0.456 e. The molecule has 2 heteroatoms. The minimum atomic E-state index is 0.908. The molecule has 1 nitrogen and oxygen atoms in total. The molecule has 10 aromatic carbocycles. The van der Waals surface area contributed by atoms with Crippen LogP contribution in [0.4, 0.5) is 0 Å². The second-order valence-corrected chi connectivity index (χ2v) is 15.4. The Labute approximate surface area is 314 Å². The summed E-state index contributed by atoms with van der Waals surface area (Å²) < 4.78 is 9.25. The Morgan fingerprint density at radius 1 is 0.315 bits per heavy atom. The van der Waals surface area contributed by atoms with Crippen molar-refractivity contribution in [2.45, 2.75) is 0 Å². The maximum Gasteiger partial charge on any atom is 0.136 e. The van der Waals surface area contributed by atoms with Gasteiger partial charge in [0.25, 0.3) is 0 Å². The monoisotopic (exact) mass is 702 g/mol. The van der Waals surface area contributed by atoms with Crippen LogP contribution in [0.15, 0.2) is 186 Å². The van der Waals surface area contributed by atoms with Crippen molar-refractivity contribution in [3.05, 3.63) is 182 Å². The molecule has 0 bridgehead atoms. The van der Waals surface area contributed by atoms with Gasteiger partial charge in [-0.15, -0.1) is 11.3 Å². The highest BCUT2D eigenvalue weighted by atomic mass is 32.1. The quantitative estimate of drug-likeness (QED) is 0.167. The van der Waals surface area contributed by atoms with Crippen molar-refractivity contribution in [3.63, 3.8) is 0 Å². The SMILES string of the molecule is c1ccc(-c2ccc(-c3c4ccccc4c(-c4ccc5oc6cc7c(ccc8sc9ccccc9c87)cc6c5c4)c4ccccc34)c3ccccc23)cc1. The van der Waals surface area contributed by atoms with Crippen molar-refractivity contribution in [2.24, 2.45) is 0 Å². The molecule has 12 rings (SSSR count). The van der Waals surface area contributed by atoms with Crippen LogP contribution in [0.25, 0.3) is 119 Å². The van der Waals surface area contributed by atoms with Crippen molar-refractivity contribution >= 4 is 96.5 Å². The predicted octanol–water partition coefficient (Wildman–Crippen LogP) is 15.6. The van der Waals surface area contributed by atoms with Gasteiger partial charge in [0.1, 0.15) is 11.2 Å². The molecular formula is C52H30OS. The second-order valence-electron chi connectivity index (χ2n) is 14.3. The van der Waals surface area contributed by atoms with Crippen LogP contribution in [-0.4, -0.2) is 0 Å². The van der Waals surface area contributed by atoms with Crippen LogP contribution < -0.4 is 0 Å². The molecule has 0 saturated carbocycles. The van der Waals surface area contributed by atoms with E-state index in [4.69, 9.17) is 4.42 Å². The normalized spacial score (nSPS) is 12.1. The zero-order chi connectivity index (χ0) is 35.3. The van der Waals surface area contributed by atoms with Gasteiger partial charge in [-0.2, -0.15) is 0 Å². The maximum atomic E-state index is 6.63. The Kier molecular flexibility index (Phi) is 6.28. The van der Waals surface area contributed by atoms with Gasteiger partial charge >= 0.3 is 0 Å². The van der Waals surface area contributed by atoms with Crippen molar-refractivity contribution in [1.29, 1.82) is 0 Å². The molecule has 54 heavy (non-hydrogen) atoms. The Hall–Kier alpha value is -6.74. The summed E-state index contributed by atoms with van der Waals surface area (Å²) in [5.41, 5.74) is 9.27. The molecule has 0 saturated heterocycles. The lowest BCUT2D eigenvalue weighted by Crippen LogP contribution is -1.92. The Bertz CT molecular complexity index is 3440. The number of hydrogen-bond donors (Lipinski definition) is 0. The summed E-state index contributed by atoms with van der Waals surface area (Å²) in [5, 5.41) is 14.9. The van der Waals surface area contributed by atoms with E-state index in [9.17, 15) is 0 Å². The molecule has 0 N–H and O–H groups in total. The van der Waals surface area contributed by atoms with E-state index >= 15 is 0 Å². The van der Waals surface area contributed by atoms with E-state index < -0.39 is 0 Å². The Morgan fingerprint density at radius 3 is 1.65 bits per heavy atom. The van der Waals surface area contributed by atoms with Gasteiger partial charge in [-0.05, 0) is 113 Å². The highest BCUT2D eigenvalue weighted by molar-refractivity contribution is 7.26. The standard InChI is InChI=1S/C52H30OS/c1-2-12-31(13-3-1)34-24-25-41(36-15-5-4-14-35(34)36)51-39-18-8-6-16-37(39)50(38-17-7-9-19-40(38)51)33-22-26-46-44(29-33)45-28-32-23-27-49-52(43(32)30-47(45)53-46)42-20-10-11-21-48(42)54-49/h1-30H. The first-order valence-electron chi connectivity index (χ1n) is 18.5. The number of thiophene rings is 1. The van der Waals surface area contributed by atoms with Gasteiger partial charge in [-0.3, -0.25) is 0 Å². The average molecular weight is 703 g/mol. The van der Waals surface area contributed by atoms with Crippen LogP contribution in [0.5, 0.6) is 0 Å². The largest absolute Gasteiger partial charge is 0.456 e. The van der Waals surface area contributed by atoms with Crippen LogP contribution in [0, 0.1) is 0 Å². The van der Waals surface area contributed by atoms with Gasteiger partial charge in [-0.25, -0.2) is 0 Å². The lowest BCUT2D eigenvalue weighted by molar-refractivity contribution is 0.669. The van der Waals surface area contributed by atoms with E-state index in [-0.39, 0.29) is 0 Å². The lowest BCUT2D eigenvalue weighted by Gasteiger charge is -2.19. The Morgan fingerprint density at radius 2 is 0.907 bits per heavy atom. The summed E-state index contributed by atoms with van der Waals surface area (Å²) in [5.74, 6) is 0. The smallest absolute Gasteiger partial charge is 0.136 e. The fourth-order valence-corrected chi connectivity index (χ4v) is 10.2. The molecule has 0 spiro atoms. The fourth-order valence-electron chi connectivity index (χ4n) is 9.09. The highest BCUT2D eigenvalue weighted by Gasteiger charge is 2.20. The summed E-state index contributed by atoms with van der Waals surface area (Å²) in [6.07, 6.45) is 0. The summed E-state index contributed by atoms with van der Waals surface area (Å²) >= 11 is 1.86. The van der Waals surface area contributed by atoms with E-state index in [1.165, 1.54) is 96.6 Å². The molecule has 0 aliphatic rings. The third-order valence-corrected chi connectivity index (χ3v) is 12.6. The lowest BCUT2D eigenvalue weighted by atomic mass is 9.83. The minimum absolute atomic E-state index is 0.908. The molecule has 0 aliphatic carbocycles. The molecule has 0 aliphatic heterocycles. The molecule has 0 atom stereocenters. The Balaban J connectivity index is 1.11. The number of furan rings is 1. The summed E-state index contributed by atoms with van der Waals surface area (Å²) in [6.45, 7) is 0. The number of hydrogen-bond acceptors (Lipinski definition) is 2. The van der Waals surface area contributed by atoms with Gasteiger partial charge in [0, 0.05) is 30.9 Å². The molecule has 2 heterocycles. The van der Waals surface area contributed by atoms with Gasteiger partial charge in [-0.1, -0.05) is 146 Å². The molecular weight excluding hydrogens is 673 g/mol. The first-order chi connectivity index (χ1) is 26.8. The molecule has 0 amide bonds. The van der Waals surface area contributed by atoms with Crippen LogP contribution in [-0.2, 0) is 0 Å². The summed E-state index contributed by atoms with van der Waals surface area (Å²) in [7, 11) is 0. The van der Waals surface area contributed by atoms with Crippen LogP contribution in [0.2, 0.25) is 0 Å². The number of rotatable bonds is 3. The molecule has 0 unspecified atom stereocenters. The van der Waals surface area contributed by atoms with Gasteiger partial charge in [0.2, 0.25) is 0 Å². The average Bonchev–Trinajstić information content (AvgIpc) is 3.80. The zero-order valence-corrected chi connectivity index (χ0v) is 30.0. The molecule has 2 aromatic heterocycles. The first-order valence-corrected chi connectivity index (χ1v) is 19.3. The predicted molar refractivity (Wildman–Crippen MR) is 233 cm³/mol. The van der Waals surface area contributed by atoms with E-state index in [1.807, 2.05) is 11.3 Å². The fraction of sp³-hybridized carbons (Fsp3) is 0. The van der Waals surface area contributed by atoms with E-state index in [0.29, 0.717) is 0 Å². The number of fused-ring (bicyclic) bond motifs is 11. The van der Waals surface area contributed by atoms with Crippen molar-refractivity contribution < 1.29 is 4.42 Å².